The summed E-state index contributed by atoms with van der Waals surface area (Å²) in [5.41, 5.74) is -0.876. The molecule has 17 heavy (non-hydrogen) atoms. The zero-order valence-corrected chi connectivity index (χ0v) is 9.56. The van der Waals surface area contributed by atoms with Crippen molar-refractivity contribution >= 4 is 17.8 Å². The number of hydrogen-bond acceptors (Lipinski definition) is 4. The van der Waals surface area contributed by atoms with Gasteiger partial charge < -0.3 is 15.0 Å². The molecular formula is C11H14N2O4. The second-order valence-electron chi connectivity index (χ2n) is 4.91. The fourth-order valence-electron chi connectivity index (χ4n) is 3.49. The topological polar surface area (TPSA) is 75.7 Å². The van der Waals surface area contributed by atoms with Gasteiger partial charge in [0.25, 0.3) is 0 Å². The highest BCUT2D eigenvalue weighted by molar-refractivity contribution is 5.96. The molecule has 0 radical (unpaired) electrons. The smallest absolute Gasteiger partial charge is 0.331 e. The Morgan fingerprint density at radius 1 is 1.53 bits per heavy atom. The van der Waals surface area contributed by atoms with Crippen molar-refractivity contribution in [1.29, 1.82) is 0 Å². The van der Waals surface area contributed by atoms with Gasteiger partial charge >= 0.3 is 5.97 Å². The largest absolute Gasteiger partial charge is 0.467 e. The Kier molecular flexibility index (Phi) is 1.99. The van der Waals surface area contributed by atoms with E-state index >= 15 is 0 Å². The van der Waals surface area contributed by atoms with Crippen LogP contribution in [0.25, 0.3) is 0 Å². The fourth-order valence-corrected chi connectivity index (χ4v) is 3.49. The van der Waals surface area contributed by atoms with Gasteiger partial charge in [-0.25, -0.2) is 4.79 Å². The highest BCUT2D eigenvalue weighted by atomic mass is 16.5. The molecule has 0 aromatic heterocycles. The zero-order chi connectivity index (χ0) is 12.2. The lowest BCUT2D eigenvalue weighted by Crippen LogP contribution is -2.52. The molecule has 3 heterocycles. The highest BCUT2D eigenvalue weighted by Crippen LogP contribution is 2.48. The van der Waals surface area contributed by atoms with E-state index in [1.807, 2.05) is 0 Å². The lowest BCUT2D eigenvalue weighted by Gasteiger charge is -2.31. The quantitative estimate of drug-likeness (QED) is 0.597. The van der Waals surface area contributed by atoms with Crippen molar-refractivity contribution in [3.8, 4) is 0 Å². The summed E-state index contributed by atoms with van der Waals surface area (Å²) < 4.78 is 4.82. The summed E-state index contributed by atoms with van der Waals surface area (Å²) in [7, 11) is 1.33. The van der Waals surface area contributed by atoms with E-state index in [1.165, 1.54) is 7.11 Å². The van der Waals surface area contributed by atoms with E-state index in [0.717, 1.165) is 0 Å². The minimum absolute atomic E-state index is 0.0422. The van der Waals surface area contributed by atoms with Gasteiger partial charge in [-0.15, -0.1) is 0 Å². The van der Waals surface area contributed by atoms with Crippen LogP contribution in [0.1, 0.15) is 19.3 Å². The number of nitrogens with zero attached hydrogens (tertiary/aromatic N) is 1. The van der Waals surface area contributed by atoms with E-state index in [4.69, 9.17) is 4.74 Å². The molecule has 1 N–H and O–H groups in total. The number of hydrogen-bond donors (Lipinski definition) is 1. The van der Waals surface area contributed by atoms with Crippen molar-refractivity contribution < 1.29 is 19.1 Å². The molecular weight excluding hydrogens is 224 g/mol. The summed E-state index contributed by atoms with van der Waals surface area (Å²) in [4.78, 5) is 37.1. The molecule has 0 aromatic carbocycles. The molecule has 6 heteroatoms. The fraction of sp³-hybridized carbons (Fsp3) is 0.727. The second kappa shape index (κ2) is 3.21. The van der Waals surface area contributed by atoms with Crippen LogP contribution < -0.4 is 5.32 Å². The molecule has 3 aliphatic heterocycles. The number of amides is 2. The lowest BCUT2D eigenvalue weighted by molar-refractivity contribution is -0.156. The van der Waals surface area contributed by atoms with Gasteiger partial charge in [0.05, 0.1) is 19.1 Å². The lowest BCUT2D eigenvalue weighted by atomic mass is 9.89. The van der Waals surface area contributed by atoms with Crippen LogP contribution in [0.2, 0.25) is 0 Å². The van der Waals surface area contributed by atoms with Crippen LogP contribution >= 0.6 is 0 Å². The molecule has 3 saturated heterocycles. The van der Waals surface area contributed by atoms with Gasteiger partial charge in [-0.3, -0.25) is 9.59 Å². The zero-order valence-electron chi connectivity index (χ0n) is 9.56. The molecule has 2 amide bonds. The maximum absolute atomic E-state index is 12.0. The van der Waals surface area contributed by atoms with E-state index < -0.39 is 5.54 Å². The molecule has 6 nitrogen and oxygen atoms in total. The van der Waals surface area contributed by atoms with Gasteiger partial charge in [0.1, 0.15) is 5.54 Å². The van der Waals surface area contributed by atoms with Crippen molar-refractivity contribution in [2.24, 2.45) is 5.92 Å². The molecule has 3 fully saturated rings. The Hall–Kier alpha value is -1.59. The van der Waals surface area contributed by atoms with Gasteiger partial charge in [0, 0.05) is 13.0 Å². The Morgan fingerprint density at radius 3 is 3.00 bits per heavy atom. The third-order valence-corrected chi connectivity index (χ3v) is 4.22. The Balaban J connectivity index is 2.02. The number of carbonyl (C=O) groups excluding carboxylic acids is 3. The molecule has 0 spiro atoms. The Morgan fingerprint density at radius 2 is 2.29 bits per heavy atom. The molecule has 3 rings (SSSR count). The molecule has 92 valence electrons. The summed E-state index contributed by atoms with van der Waals surface area (Å²) >= 11 is 0. The number of nitrogens with one attached hydrogen (secondary N) is 1. The van der Waals surface area contributed by atoms with Crippen molar-refractivity contribution in [3.63, 3.8) is 0 Å². The van der Waals surface area contributed by atoms with E-state index in [-0.39, 0.29) is 29.7 Å². The first-order valence-corrected chi connectivity index (χ1v) is 5.78. The third-order valence-electron chi connectivity index (χ3n) is 4.22. The van der Waals surface area contributed by atoms with Gasteiger partial charge in [-0.2, -0.15) is 0 Å². The molecule has 3 atom stereocenters. The number of rotatable bonds is 1. The van der Waals surface area contributed by atoms with Crippen LogP contribution in [-0.4, -0.2) is 47.9 Å². The summed E-state index contributed by atoms with van der Waals surface area (Å²) in [6.07, 6.45) is 1.24. The van der Waals surface area contributed by atoms with Crippen LogP contribution in [0.5, 0.6) is 0 Å². The highest BCUT2D eigenvalue weighted by Gasteiger charge is 2.64. The van der Waals surface area contributed by atoms with Gasteiger partial charge in [0.15, 0.2) is 0 Å². The molecule has 0 aromatic rings. The minimum atomic E-state index is -0.876. The number of esters is 1. The third kappa shape index (κ3) is 1.13. The number of carbonyl (C=O) groups is 3. The van der Waals surface area contributed by atoms with Crippen LogP contribution in [-0.2, 0) is 19.1 Å². The first kappa shape index (κ1) is 10.6. The SMILES string of the molecule is COC(=O)[C@@]12CCC(=O)N1[C@H]1CNC(=O)[C@H]1C2. The maximum atomic E-state index is 12.0. The van der Waals surface area contributed by atoms with Crippen molar-refractivity contribution in [3.05, 3.63) is 0 Å². The second-order valence-corrected chi connectivity index (χ2v) is 4.91. The average molecular weight is 238 g/mol. The van der Waals surface area contributed by atoms with E-state index in [0.29, 0.717) is 25.8 Å². The average Bonchev–Trinajstić information content (AvgIpc) is 2.92. The molecule has 0 aliphatic carbocycles. The summed E-state index contributed by atoms with van der Waals surface area (Å²) in [6.45, 7) is 0.452. The molecule has 0 bridgehead atoms. The minimum Gasteiger partial charge on any atom is -0.467 e. The normalized spacial score (nSPS) is 39.0. The number of ether oxygens (including phenoxy) is 1. The van der Waals surface area contributed by atoms with Crippen molar-refractivity contribution in [1.82, 2.24) is 10.2 Å². The van der Waals surface area contributed by atoms with E-state index in [2.05, 4.69) is 5.32 Å². The summed E-state index contributed by atoms with van der Waals surface area (Å²) in [5, 5.41) is 2.74. The maximum Gasteiger partial charge on any atom is 0.331 e. The molecule has 0 saturated carbocycles. The molecule has 3 aliphatic rings. The first-order valence-electron chi connectivity index (χ1n) is 5.78. The standard InChI is InChI=1S/C11H14N2O4/c1-17-10(16)11-3-2-8(14)13(11)7-5-12-9(15)6(7)4-11/h6-7H,2-5H2,1H3,(H,12,15)/t6-,7-,11-/m0/s1. The van der Waals surface area contributed by atoms with Crippen LogP contribution in [0.15, 0.2) is 0 Å². The summed E-state index contributed by atoms with van der Waals surface area (Å²) in [6, 6.07) is -0.170. The van der Waals surface area contributed by atoms with Gasteiger partial charge in [-0.05, 0) is 12.8 Å². The van der Waals surface area contributed by atoms with Crippen LogP contribution in [0.4, 0.5) is 0 Å². The van der Waals surface area contributed by atoms with Crippen LogP contribution in [0, 0.1) is 5.92 Å². The van der Waals surface area contributed by atoms with E-state index in [1.54, 1.807) is 4.90 Å². The number of fused-ring (bicyclic) bond motifs is 3. The first-order chi connectivity index (χ1) is 8.10. The Labute approximate surface area is 98.3 Å². The monoisotopic (exact) mass is 238 g/mol. The van der Waals surface area contributed by atoms with Crippen LogP contribution in [0.3, 0.4) is 0 Å². The predicted molar refractivity (Wildman–Crippen MR) is 55.7 cm³/mol. The van der Waals surface area contributed by atoms with Crippen molar-refractivity contribution in [2.45, 2.75) is 30.8 Å². The Bertz CT molecular complexity index is 422. The van der Waals surface area contributed by atoms with E-state index in [9.17, 15) is 14.4 Å². The molecule has 0 unspecified atom stereocenters. The van der Waals surface area contributed by atoms with Crippen molar-refractivity contribution in [2.75, 3.05) is 13.7 Å². The predicted octanol–water partition coefficient (Wildman–Crippen LogP) is -0.961. The number of methoxy groups -OCH3 is 1. The van der Waals surface area contributed by atoms with Gasteiger partial charge in [-0.1, -0.05) is 0 Å². The summed E-state index contributed by atoms with van der Waals surface area (Å²) in [5.74, 6) is -0.733. The van der Waals surface area contributed by atoms with Gasteiger partial charge in [0.2, 0.25) is 11.8 Å².